The molecule has 3 N–H and O–H groups in total. The number of carbonyl (C=O) groups is 1. The van der Waals surface area contributed by atoms with Crippen molar-refractivity contribution in [3.8, 4) is 29.1 Å². The van der Waals surface area contributed by atoms with Crippen LogP contribution in [0.25, 0.3) is 5.82 Å². The Labute approximate surface area is 248 Å². The van der Waals surface area contributed by atoms with Gasteiger partial charge in [0.15, 0.2) is 28.9 Å². The standard InChI is InChI=1S/C30H24FN7O6/c1-42-21-13-20(22(31)26-25(21)43-11-12-44-26)23(34-19-9-7-17(14-32)8-10-19)27-35-30(41)38(36-27)28-24(29(39)40)37(16-33-28)15-18-5-3-2-4-6-18/h2-10,13,16,23,34H,11-12,15H2,1H3,(H,39,40)(H,35,36,41). The van der Waals surface area contributed by atoms with Crippen LogP contribution in [-0.4, -0.2) is 55.7 Å². The number of H-pyrrole nitrogens is 1. The lowest BCUT2D eigenvalue weighted by Gasteiger charge is -2.25. The minimum Gasteiger partial charge on any atom is -0.493 e. The summed E-state index contributed by atoms with van der Waals surface area (Å²) in [6.07, 6.45) is 1.31. The van der Waals surface area contributed by atoms with Gasteiger partial charge in [-0.2, -0.15) is 9.94 Å². The average molecular weight is 598 g/mol. The molecule has 13 nitrogen and oxygen atoms in total. The number of carboxylic acids is 1. The van der Waals surface area contributed by atoms with Gasteiger partial charge in [0.1, 0.15) is 19.3 Å². The van der Waals surface area contributed by atoms with Crippen molar-refractivity contribution in [2.75, 3.05) is 25.6 Å². The van der Waals surface area contributed by atoms with Crippen LogP contribution in [0.5, 0.6) is 17.2 Å². The SMILES string of the molecule is COc1cc(C(Nc2ccc(C#N)cc2)c2nn(-c3ncn(Cc4ccccc4)c3C(=O)O)c(=O)[nH]2)c(F)c2c1OCCO2. The Balaban J connectivity index is 1.47. The minimum absolute atomic E-state index is 0.00979. The van der Waals surface area contributed by atoms with Crippen LogP contribution in [0.1, 0.15) is 39.0 Å². The van der Waals surface area contributed by atoms with Crippen molar-refractivity contribution < 1.29 is 28.5 Å². The van der Waals surface area contributed by atoms with Gasteiger partial charge in [0.05, 0.1) is 25.1 Å². The highest BCUT2D eigenvalue weighted by atomic mass is 19.1. The van der Waals surface area contributed by atoms with E-state index in [4.69, 9.17) is 14.2 Å². The van der Waals surface area contributed by atoms with Crippen LogP contribution in [0, 0.1) is 17.1 Å². The van der Waals surface area contributed by atoms with E-state index in [2.05, 4.69) is 20.4 Å². The molecule has 1 unspecified atom stereocenters. The number of aromatic amines is 1. The fourth-order valence-electron chi connectivity index (χ4n) is 4.89. The number of nitrogens with zero attached hydrogens (tertiary/aromatic N) is 5. The molecule has 0 aliphatic carbocycles. The number of aromatic carboxylic acids is 1. The summed E-state index contributed by atoms with van der Waals surface area (Å²) in [7, 11) is 1.40. The number of ether oxygens (including phenoxy) is 3. The van der Waals surface area contributed by atoms with E-state index in [0.29, 0.717) is 11.3 Å². The van der Waals surface area contributed by atoms with Crippen LogP contribution in [0.2, 0.25) is 0 Å². The molecule has 0 fully saturated rings. The second kappa shape index (κ2) is 11.6. The number of benzene rings is 3. The summed E-state index contributed by atoms with van der Waals surface area (Å²) < 4.78 is 34.9. The predicted octanol–water partition coefficient (Wildman–Crippen LogP) is 3.50. The summed E-state index contributed by atoms with van der Waals surface area (Å²) in [5, 5.41) is 26.8. The molecule has 3 heterocycles. The number of aromatic nitrogens is 5. The number of carboxylic acid groups (broad SMARTS) is 1. The van der Waals surface area contributed by atoms with E-state index in [9.17, 15) is 20.0 Å². The topological polar surface area (TPSA) is 169 Å². The molecule has 0 radical (unpaired) electrons. The number of methoxy groups -OCH3 is 1. The number of rotatable bonds is 9. The number of imidazole rings is 1. The highest BCUT2D eigenvalue weighted by Crippen LogP contribution is 2.45. The lowest BCUT2D eigenvalue weighted by atomic mass is 10.0. The third-order valence-corrected chi connectivity index (χ3v) is 6.93. The molecule has 0 amide bonds. The molecule has 6 rings (SSSR count). The first kappa shape index (κ1) is 28.0. The highest BCUT2D eigenvalue weighted by molar-refractivity contribution is 5.89. The summed E-state index contributed by atoms with van der Waals surface area (Å²) >= 11 is 0. The summed E-state index contributed by atoms with van der Waals surface area (Å²) in [6.45, 7) is 0.502. The van der Waals surface area contributed by atoms with Crippen molar-refractivity contribution >= 4 is 11.7 Å². The van der Waals surface area contributed by atoms with E-state index in [-0.39, 0.29) is 59.9 Å². The number of nitrogens with one attached hydrogen (secondary N) is 2. The normalized spacial score (nSPS) is 12.8. The van der Waals surface area contributed by atoms with Gasteiger partial charge >= 0.3 is 11.7 Å². The van der Waals surface area contributed by atoms with Gasteiger partial charge in [-0.15, -0.1) is 5.10 Å². The Bertz CT molecular complexity index is 1940. The van der Waals surface area contributed by atoms with Gasteiger partial charge in [0, 0.05) is 17.8 Å². The fourth-order valence-corrected chi connectivity index (χ4v) is 4.89. The molecule has 1 atom stereocenters. The first-order valence-electron chi connectivity index (χ1n) is 13.3. The molecule has 222 valence electrons. The van der Waals surface area contributed by atoms with E-state index < -0.39 is 23.5 Å². The van der Waals surface area contributed by atoms with E-state index in [1.807, 2.05) is 36.4 Å². The summed E-state index contributed by atoms with van der Waals surface area (Å²) in [5.41, 5.74) is 0.621. The molecule has 0 saturated carbocycles. The van der Waals surface area contributed by atoms with Crippen LogP contribution in [0.15, 0.2) is 71.8 Å². The summed E-state index contributed by atoms with van der Waals surface area (Å²) in [5.74, 6) is -2.25. The maximum Gasteiger partial charge on any atom is 0.356 e. The quantitative estimate of drug-likeness (QED) is 0.229. The molecule has 3 aromatic carbocycles. The van der Waals surface area contributed by atoms with Crippen molar-refractivity contribution in [2.45, 2.75) is 12.6 Å². The largest absolute Gasteiger partial charge is 0.493 e. The van der Waals surface area contributed by atoms with Crippen LogP contribution in [0.3, 0.4) is 0 Å². The number of fused-ring (bicyclic) bond motifs is 1. The van der Waals surface area contributed by atoms with Gasteiger partial charge in [-0.05, 0) is 35.9 Å². The van der Waals surface area contributed by atoms with Gasteiger partial charge in [-0.25, -0.2) is 19.0 Å². The molecular weight excluding hydrogens is 573 g/mol. The Kier molecular flexibility index (Phi) is 7.42. The lowest BCUT2D eigenvalue weighted by Crippen LogP contribution is -2.21. The van der Waals surface area contributed by atoms with Gasteiger partial charge in [0.2, 0.25) is 11.5 Å². The maximum absolute atomic E-state index is 16.1. The van der Waals surface area contributed by atoms with Crippen molar-refractivity contribution in [3.63, 3.8) is 0 Å². The molecule has 0 bridgehead atoms. The lowest BCUT2D eigenvalue weighted by molar-refractivity contribution is 0.0685. The van der Waals surface area contributed by atoms with E-state index >= 15 is 4.39 Å². The molecule has 0 saturated heterocycles. The van der Waals surface area contributed by atoms with E-state index in [0.717, 1.165) is 10.2 Å². The van der Waals surface area contributed by atoms with E-state index in [1.54, 1.807) is 24.3 Å². The van der Waals surface area contributed by atoms with Crippen molar-refractivity contribution in [1.82, 2.24) is 24.3 Å². The highest BCUT2D eigenvalue weighted by Gasteiger charge is 2.32. The zero-order chi connectivity index (χ0) is 30.8. The average Bonchev–Trinajstić information content (AvgIpc) is 3.64. The first-order chi connectivity index (χ1) is 21.4. The third kappa shape index (κ3) is 5.18. The zero-order valence-corrected chi connectivity index (χ0v) is 23.2. The first-order valence-corrected chi connectivity index (χ1v) is 13.3. The Morgan fingerprint density at radius 3 is 2.59 bits per heavy atom. The van der Waals surface area contributed by atoms with Crippen LogP contribution < -0.4 is 25.2 Å². The van der Waals surface area contributed by atoms with Gasteiger partial charge in [-0.3, -0.25) is 4.98 Å². The predicted molar refractivity (Wildman–Crippen MR) is 153 cm³/mol. The Morgan fingerprint density at radius 1 is 1.18 bits per heavy atom. The van der Waals surface area contributed by atoms with Crippen LogP contribution in [0.4, 0.5) is 10.1 Å². The van der Waals surface area contributed by atoms with E-state index in [1.165, 1.54) is 24.1 Å². The molecule has 1 aliphatic heterocycles. The van der Waals surface area contributed by atoms with Gasteiger partial charge < -0.3 is 29.2 Å². The molecule has 2 aromatic heterocycles. The maximum atomic E-state index is 16.1. The second-order valence-electron chi connectivity index (χ2n) is 9.67. The van der Waals surface area contributed by atoms with Crippen molar-refractivity contribution in [1.29, 1.82) is 5.26 Å². The zero-order valence-electron chi connectivity index (χ0n) is 23.2. The van der Waals surface area contributed by atoms with Gasteiger partial charge in [0.25, 0.3) is 0 Å². The number of halogens is 1. The molecule has 0 spiro atoms. The number of anilines is 1. The smallest absolute Gasteiger partial charge is 0.356 e. The number of nitriles is 1. The second-order valence-corrected chi connectivity index (χ2v) is 9.67. The molecule has 44 heavy (non-hydrogen) atoms. The fraction of sp³-hybridized carbons (Fsp3) is 0.167. The minimum atomic E-state index is -1.32. The third-order valence-electron chi connectivity index (χ3n) is 6.93. The van der Waals surface area contributed by atoms with Gasteiger partial charge in [-0.1, -0.05) is 30.3 Å². The monoisotopic (exact) mass is 597 g/mol. The molecule has 14 heteroatoms. The van der Waals surface area contributed by atoms with Crippen molar-refractivity contribution in [3.05, 3.63) is 112 Å². The molecular formula is C30H24FN7O6. The molecule has 1 aliphatic rings. The van der Waals surface area contributed by atoms with Crippen LogP contribution >= 0.6 is 0 Å². The Hall–Kier alpha value is -6.10. The Morgan fingerprint density at radius 2 is 1.91 bits per heavy atom. The number of hydrogen-bond donors (Lipinski definition) is 3. The summed E-state index contributed by atoms with van der Waals surface area (Å²) in [4.78, 5) is 32.4. The number of hydrogen-bond acceptors (Lipinski definition) is 9. The van der Waals surface area contributed by atoms with Crippen molar-refractivity contribution in [2.24, 2.45) is 0 Å². The van der Waals surface area contributed by atoms with Crippen LogP contribution in [-0.2, 0) is 6.54 Å². The summed E-state index contributed by atoms with van der Waals surface area (Å²) in [6, 6.07) is 17.8. The molecule has 5 aromatic rings.